The van der Waals surface area contributed by atoms with Crippen LogP contribution < -0.4 is 5.11 Å². The molecule has 1 saturated carbocycles. The van der Waals surface area contributed by atoms with E-state index < -0.39 is 0 Å². The zero-order valence-corrected chi connectivity index (χ0v) is 8.52. The van der Waals surface area contributed by atoms with E-state index >= 15 is 0 Å². The van der Waals surface area contributed by atoms with Crippen molar-refractivity contribution in [1.29, 1.82) is 0 Å². The molecule has 3 nitrogen and oxygen atoms in total. The van der Waals surface area contributed by atoms with Crippen molar-refractivity contribution < 1.29 is 5.11 Å². The molecule has 0 bridgehead atoms. The normalized spacial score (nSPS) is 17.6. The molecule has 3 heteroatoms. The van der Waals surface area contributed by atoms with Crippen LogP contribution in [-0.2, 0) is 0 Å². The van der Waals surface area contributed by atoms with Crippen LogP contribution in [0.4, 0.5) is 0 Å². The highest BCUT2D eigenvalue weighted by Crippen LogP contribution is 2.34. The van der Waals surface area contributed by atoms with E-state index in [1.807, 2.05) is 28.8 Å². The van der Waals surface area contributed by atoms with Crippen LogP contribution in [-0.4, -0.2) is 9.55 Å². The average molecular weight is 201 g/mol. The molecular weight excluding hydrogens is 188 g/mol. The Balaban J connectivity index is 2.19. The fraction of sp³-hybridized carbons (Fsp3) is 0.417. The zero-order chi connectivity index (χ0) is 10.3. The molecule has 0 aliphatic heterocycles. The Morgan fingerprint density at radius 1 is 1.20 bits per heavy atom. The van der Waals surface area contributed by atoms with Crippen LogP contribution in [0.1, 0.15) is 31.7 Å². The van der Waals surface area contributed by atoms with Crippen LogP contribution >= 0.6 is 0 Å². The summed E-state index contributed by atoms with van der Waals surface area (Å²) in [5.74, 6) is 0. The number of benzene rings is 1. The number of rotatable bonds is 1. The first-order valence-corrected chi connectivity index (χ1v) is 5.50. The second-order valence-electron chi connectivity index (χ2n) is 4.19. The molecule has 78 valence electrons. The molecular formula is C12H13N2O-. The summed E-state index contributed by atoms with van der Waals surface area (Å²) in [6, 6.07) is 8.08. The molecule has 0 spiro atoms. The molecule has 1 fully saturated rings. The molecule has 0 unspecified atom stereocenters. The monoisotopic (exact) mass is 201 g/mol. The summed E-state index contributed by atoms with van der Waals surface area (Å²) in [6.07, 6.45) is 4.71. The van der Waals surface area contributed by atoms with Gasteiger partial charge >= 0.3 is 0 Å². The average Bonchev–Trinajstić information content (AvgIpc) is 2.82. The smallest absolute Gasteiger partial charge is 0.0877 e. The Bertz CT molecular complexity index is 483. The lowest BCUT2D eigenvalue weighted by Gasteiger charge is -2.18. The molecule has 15 heavy (non-hydrogen) atoms. The maximum Gasteiger partial charge on any atom is 0.0877 e. The van der Waals surface area contributed by atoms with Crippen molar-refractivity contribution in [2.24, 2.45) is 0 Å². The number of hydrogen-bond donors (Lipinski definition) is 0. The van der Waals surface area contributed by atoms with Gasteiger partial charge < -0.3 is 9.67 Å². The third-order valence-electron chi connectivity index (χ3n) is 3.25. The van der Waals surface area contributed by atoms with Crippen LogP contribution in [0.2, 0.25) is 0 Å². The van der Waals surface area contributed by atoms with Gasteiger partial charge in [0.15, 0.2) is 0 Å². The highest BCUT2D eigenvalue weighted by Gasteiger charge is 2.19. The van der Waals surface area contributed by atoms with Crippen molar-refractivity contribution in [1.82, 2.24) is 9.55 Å². The summed E-state index contributed by atoms with van der Waals surface area (Å²) in [5.41, 5.74) is 1.82. The highest BCUT2D eigenvalue weighted by molar-refractivity contribution is 5.76. The van der Waals surface area contributed by atoms with E-state index in [4.69, 9.17) is 0 Å². The number of para-hydroxylation sites is 2. The Morgan fingerprint density at radius 2 is 1.93 bits per heavy atom. The van der Waals surface area contributed by atoms with Gasteiger partial charge in [0.05, 0.1) is 17.0 Å². The third-order valence-corrected chi connectivity index (χ3v) is 3.25. The van der Waals surface area contributed by atoms with Gasteiger partial charge in [0, 0.05) is 6.04 Å². The van der Waals surface area contributed by atoms with E-state index in [0.29, 0.717) is 6.04 Å². The molecule has 2 aromatic rings. The van der Waals surface area contributed by atoms with E-state index in [-0.39, 0.29) is 6.01 Å². The van der Waals surface area contributed by atoms with Crippen LogP contribution in [0.5, 0.6) is 6.01 Å². The minimum atomic E-state index is -0.0805. The summed E-state index contributed by atoms with van der Waals surface area (Å²) in [6.45, 7) is 0. The standard InChI is InChI=1S/C12H14N2O/c15-12-13-10-7-3-4-8-11(10)14(12)9-5-1-2-6-9/h3-4,7-9H,1-2,5-6H2,(H,13,15)/p-1. The predicted molar refractivity (Wildman–Crippen MR) is 56.7 cm³/mol. The maximum atomic E-state index is 11.8. The largest absolute Gasteiger partial charge is 0.846 e. The topological polar surface area (TPSA) is 40.9 Å². The minimum absolute atomic E-state index is 0.0805. The van der Waals surface area contributed by atoms with Crippen LogP contribution in [0, 0.1) is 0 Å². The van der Waals surface area contributed by atoms with Crippen LogP contribution in [0.25, 0.3) is 11.0 Å². The second-order valence-corrected chi connectivity index (χ2v) is 4.19. The van der Waals surface area contributed by atoms with E-state index in [1.165, 1.54) is 12.8 Å². The molecule has 0 amide bonds. The van der Waals surface area contributed by atoms with Crippen molar-refractivity contribution in [3.63, 3.8) is 0 Å². The van der Waals surface area contributed by atoms with Gasteiger partial charge in [-0.05, 0) is 25.0 Å². The van der Waals surface area contributed by atoms with Gasteiger partial charge in [-0.2, -0.15) is 0 Å². The first kappa shape index (κ1) is 8.77. The lowest BCUT2D eigenvalue weighted by atomic mass is 10.2. The third kappa shape index (κ3) is 1.30. The van der Waals surface area contributed by atoms with E-state index in [1.54, 1.807) is 0 Å². The van der Waals surface area contributed by atoms with Gasteiger partial charge in [-0.15, -0.1) is 0 Å². The summed E-state index contributed by atoms with van der Waals surface area (Å²) < 4.78 is 1.88. The van der Waals surface area contributed by atoms with Crippen molar-refractivity contribution >= 4 is 11.0 Å². The number of fused-ring (bicyclic) bond motifs is 1. The molecule has 1 aromatic heterocycles. The fourth-order valence-electron chi connectivity index (χ4n) is 2.54. The first-order valence-electron chi connectivity index (χ1n) is 5.50. The van der Waals surface area contributed by atoms with E-state index in [9.17, 15) is 5.11 Å². The first-order chi connectivity index (χ1) is 7.36. The minimum Gasteiger partial charge on any atom is -0.846 e. The quantitative estimate of drug-likeness (QED) is 0.709. The van der Waals surface area contributed by atoms with Gasteiger partial charge in [-0.3, -0.25) is 0 Å². The molecule has 0 radical (unpaired) electrons. The Hall–Kier alpha value is -1.51. The summed E-state index contributed by atoms with van der Waals surface area (Å²) in [7, 11) is 0. The van der Waals surface area contributed by atoms with Gasteiger partial charge in [-0.1, -0.05) is 25.0 Å². The fourth-order valence-corrected chi connectivity index (χ4v) is 2.54. The summed E-state index contributed by atoms with van der Waals surface area (Å²) in [4.78, 5) is 4.07. The molecule has 0 N–H and O–H groups in total. The number of hydrogen-bond acceptors (Lipinski definition) is 2. The van der Waals surface area contributed by atoms with Crippen molar-refractivity contribution in [2.75, 3.05) is 0 Å². The van der Waals surface area contributed by atoms with Crippen LogP contribution in [0.15, 0.2) is 24.3 Å². The van der Waals surface area contributed by atoms with E-state index in [2.05, 4.69) is 4.98 Å². The van der Waals surface area contributed by atoms with Crippen molar-refractivity contribution in [2.45, 2.75) is 31.7 Å². The van der Waals surface area contributed by atoms with E-state index in [0.717, 1.165) is 23.9 Å². The summed E-state index contributed by atoms with van der Waals surface area (Å²) >= 11 is 0. The molecule has 1 aliphatic carbocycles. The predicted octanol–water partition coefficient (Wildman–Crippen LogP) is 2.22. The lowest BCUT2D eigenvalue weighted by Crippen LogP contribution is -2.09. The van der Waals surface area contributed by atoms with Gasteiger partial charge in [0.1, 0.15) is 0 Å². The van der Waals surface area contributed by atoms with Crippen molar-refractivity contribution in [3.8, 4) is 6.01 Å². The molecule has 1 aliphatic rings. The number of aromatic nitrogens is 2. The SMILES string of the molecule is [O-]c1nc2ccccc2n1C1CCCC1. The maximum absolute atomic E-state index is 11.8. The van der Waals surface area contributed by atoms with Gasteiger partial charge in [0.2, 0.25) is 0 Å². The second kappa shape index (κ2) is 3.26. The van der Waals surface area contributed by atoms with Gasteiger partial charge in [-0.25, -0.2) is 4.98 Å². The summed E-state index contributed by atoms with van der Waals surface area (Å²) in [5, 5.41) is 11.8. The Morgan fingerprint density at radius 3 is 2.73 bits per heavy atom. The number of nitrogens with zero attached hydrogens (tertiary/aromatic N) is 2. The Kier molecular flexibility index (Phi) is 1.91. The van der Waals surface area contributed by atoms with Gasteiger partial charge in [0.25, 0.3) is 0 Å². The molecule has 1 aromatic carbocycles. The van der Waals surface area contributed by atoms with Crippen LogP contribution in [0.3, 0.4) is 0 Å². The molecule has 0 saturated heterocycles. The highest BCUT2D eigenvalue weighted by atomic mass is 16.3. The lowest BCUT2D eigenvalue weighted by molar-refractivity contribution is -0.285. The molecule has 3 rings (SSSR count). The van der Waals surface area contributed by atoms with Crippen molar-refractivity contribution in [3.05, 3.63) is 24.3 Å². The zero-order valence-electron chi connectivity index (χ0n) is 8.52. The molecule has 1 heterocycles. The molecule has 0 atom stereocenters. The number of imidazole rings is 1. The Labute approximate surface area is 88.4 Å².